The van der Waals surface area contributed by atoms with Gasteiger partial charge in [-0.2, -0.15) is 0 Å². The van der Waals surface area contributed by atoms with Crippen LogP contribution in [0.25, 0.3) is 17.4 Å². The summed E-state index contributed by atoms with van der Waals surface area (Å²) in [5.41, 5.74) is 0.807. The van der Waals surface area contributed by atoms with E-state index in [2.05, 4.69) is 5.32 Å². The predicted octanol–water partition coefficient (Wildman–Crippen LogP) is 3.79. The van der Waals surface area contributed by atoms with Gasteiger partial charge < -0.3 is 9.52 Å². The molecule has 0 aliphatic carbocycles. The van der Waals surface area contributed by atoms with Gasteiger partial charge in [-0.15, -0.1) is 0 Å². The first-order valence-electron chi connectivity index (χ1n) is 9.86. The van der Waals surface area contributed by atoms with Crippen LogP contribution in [0.5, 0.6) is 5.75 Å². The minimum Gasteiger partial charge on any atom is -0.507 e. The van der Waals surface area contributed by atoms with E-state index in [9.17, 15) is 29.6 Å². The number of hydrogen-bond donors (Lipinski definition) is 2. The third-order valence-electron chi connectivity index (χ3n) is 5.07. The number of nitrogens with one attached hydrogen (secondary N) is 1. The lowest BCUT2D eigenvalue weighted by atomic mass is 10.1. The molecule has 2 heterocycles. The van der Waals surface area contributed by atoms with Gasteiger partial charge in [0.1, 0.15) is 22.8 Å². The molecule has 2 N–H and O–H groups in total. The lowest BCUT2D eigenvalue weighted by molar-refractivity contribution is -0.384. The summed E-state index contributed by atoms with van der Waals surface area (Å²) >= 11 is 0. The highest BCUT2D eigenvalue weighted by Crippen LogP contribution is 2.34. The molecule has 1 saturated heterocycles. The number of nitro benzene ring substituents is 1. The normalized spacial score (nSPS) is 15.1. The van der Waals surface area contributed by atoms with E-state index >= 15 is 0 Å². The van der Waals surface area contributed by atoms with Gasteiger partial charge in [0.15, 0.2) is 0 Å². The number of benzene rings is 2. The molecule has 0 saturated carbocycles. The maximum atomic E-state index is 13.0. The number of phenolic OH excluding ortho intramolecular Hbond substituents is 1. The highest BCUT2D eigenvalue weighted by Gasteiger charge is 2.37. The molecule has 4 amide bonds. The molecular weight excluding hydrogens is 430 g/mol. The van der Waals surface area contributed by atoms with Crippen molar-refractivity contribution < 1.29 is 28.8 Å². The highest BCUT2D eigenvalue weighted by atomic mass is 16.6. The smallest absolute Gasteiger partial charge is 0.335 e. The van der Waals surface area contributed by atoms with Crippen molar-refractivity contribution in [2.24, 2.45) is 0 Å². The summed E-state index contributed by atoms with van der Waals surface area (Å²) in [4.78, 5) is 48.9. The second-order valence-corrected chi connectivity index (χ2v) is 7.14. The maximum absolute atomic E-state index is 13.0. The number of carbonyl (C=O) groups is 3. The van der Waals surface area contributed by atoms with Crippen molar-refractivity contribution in [1.29, 1.82) is 0 Å². The van der Waals surface area contributed by atoms with Crippen molar-refractivity contribution in [2.45, 2.75) is 13.3 Å². The number of non-ortho nitro benzene ring substituents is 1. The second kappa shape index (κ2) is 8.42. The fourth-order valence-corrected chi connectivity index (χ4v) is 3.33. The summed E-state index contributed by atoms with van der Waals surface area (Å²) in [6.45, 7) is 1.97. The van der Waals surface area contributed by atoms with Crippen LogP contribution in [-0.4, -0.2) is 27.9 Å². The molecule has 1 aliphatic rings. The molecule has 1 fully saturated rings. The largest absolute Gasteiger partial charge is 0.507 e. The number of nitrogens with zero attached hydrogens (tertiary/aromatic N) is 2. The van der Waals surface area contributed by atoms with Gasteiger partial charge >= 0.3 is 6.03 Å². The molecule has 166 valence electrons. The van der Waals surface area contributed by atoms with E-state index in [1.807, 2.05) is 6.92 Å². The van der Waals surface area contributed by atoms with Gasteiger partial charge in [0, 0.05) is 12.1 Å². The summed E-state index contributed by atoms with van der Waals surface area (Å²) in [5, 5.41) is 23.2. The molecule has 2 aromatic carbocycles. The SMILES string of the molecule is CCc1ccc(N2C(=O)NC(=O)/C(=C/c3ccc(-c4cc([N+](=O)[O-])ccc4O)o3)C2=O)cc1. The van der Waals surface area contributed by atoms with Gasteiger partial charge in [0.25, 0.3) is 17.5 Å². The average molecular weight is 447 g/mol. The number of nitro groups is 1. The molecule has 33 heavy (non-hydrogen) atoms. The number of rotatable bonds is 5. The minimum atomic E-state index is -0.887. The molecule has 1 aromatic heterocycles. The fraction of sp³-hybridized carbons (Fsp3) is 0.0870. The van der Waals surface area contributed by atoms with Crippen LogP contribution >= 0.6 is 0 Å². The van der Waals surface area contributed by atoms with Crippen LogP contribution in [-0.2, 0) is 16.0 Å². The number of anilines is 1. The molecule has 0 bridgehead atoms. The molecule has 10 nitrogen and oxygen atoms in total. The zero-order chi connectivity index (χ0) is 23.7. The van der Waals surface area contributed by atoms with Crippen LogP contribution in [0.3, 0.4) is 0 Å². The van der Waals surface area contributed by atoms with Gasteiger partial charge in [0.05, 0.1) is 16.2 Å². The molecule has 0 radical (unpaired) electrons. The van der Waals surface area contributed by atoms with Crippen LogP contribution < -0.4 is 10.2 Å². The Bertz CT molecular complexity index is 1320. The zero-order valence-electron chi connectivity index (χ0n) is 17.3. The fourth-order valence-electron chi connectivity index (χ4n) is 3.33. The van der Waals surface area contributed by atoms with E-state index < -0.39 is 22.8 Å². The summed E-state index contributed by atoms with van der Waals surface area (Å²) < 4.78 is 5.59. The number of hydrogen-bond acceptors (Lipinski definition) is 7. The van der Waals surface area contributed by atoms with Crippen LogP contribution in [0.2, 0.25) is 0 Å². The van der Waals surface area contributed by atoms with Crippen molar-refractivity contribution in [2.75, 3.05) is 4.90 Å². The Balaban J connectivity index is 1.67. The summed E-state index contributed by atoms with van der Waals surface area (Å²) in [5.74, 6) is -1.79. The summed E-state index contributed by atoms with van der Waals surface area (Å²) in [6, 6.07) is 12.2. The quantitative estimate of drug-likeness (QED) is 0.262. The minimum absolute atomic E-state index is 0.0705. The number of carbonyl (C=O) groups excluding carboxylic acids is 3. The van der Waals surface area contributed by atoms with Gasteiger partial charge in [-0.25, -0.2) is 9.69 Å². The zero-order valence-corrected chi connectivity index (χ0v) is 17.3. The van der Waals surface area contributed by atoms with Crippen LogP contribution in [0.15, 0.2) is 64.6 Å². The third-order valence-corrected chi connectivity index (χ3v) is 5.07. The van der Waals surface area contributed by atoms with Crippen molar-refractivity contribution in [3.63, 3.8) is 0 Å². The third kappa shape index (κ3) is 4.09. The Labute approximate surface area is 186 Å². The van der Waals surface area contributed by atoms with E-state index in [-0.39, 0.29) is 34.1 Å². The van der Waals surface area contributed by atoms with E-state index in [1.54, 1.807) is 24.3 Å². The Morgan fingerprint density at radius 2 is 1.82 bits per heavy atom. The standard InChI is InChI=1S/C23H17N3O7/c1-2-13-3-5-14(6-4-13)25-22(29)18(21(28)24-23(25)30)12-16-8-10-20(33-16)17-11-15(26(31)32)7-9-19(17)27/h3-12,27H,2H2,1H3,(H,24,28,30)/b18-12-. The highest BCUT2D eigenvalue weighted by molar-refractivity contribution is 6.39. The van der Waals surface area contributed by atoms with Gasteiger partial charge in [-0.3, -0.25) is 25.0 Å². The number of aromatic hydroxyl groups is 1. The van der Waals surface area contributed by atoms with Crippen LogP contribution in [0, 0.1) is 10.1 Å². The van der Waals surface area contributed by atoms with Crippen molar-refractivity contribution in [1.82, 2.24) is 5.32 Å². The molecular formula is C23H17N3O7. The van der Waals surface area contributed by atoms with Crippen molar-refractivity contribution in [3.8, 4) is 17.1 Å². The Morgan fingerprint density at radius 1 is 1.09 bits per heavy atom. The lowest BCUT2D eigenvalue weighted by Crippen LogP contribution is -2.54. The molecule has 0 atom stereocenters. The first-order chi connectivity index (χ1) is 15.8. The number of furan rings is 1. The first kappa shape index (κ1) is 21.5. The molecule has 1 aliphatic heterocycles. The lowest BCUT2D eigenvalue weighted by Gasteiger charge is -2.26. The molecule has 3 aromatic rings. The summed E-state index contributed by atoms with van der Waals surface area (Å²) in [7, 11) is 0. The molecule has 0 spiro atoms. The number of urea groups is 1. The molecule has 4 rings (SSSR count). The average Bonchev–Trinajstić information content (AvgIpc) is 3.25. The maximum Gasteiger partial charge on any atom is 0.335 e. The monoisotopic (exact) mass is 447 g/mol. The van der Waals surface area contributed by atoms with Gasteiger partial charge in [-0.05, 0) is 48.4 Å². The van der Waals surface area contributed by atoms with Gasteiger partial charge in [0.2, 0.25) is 0 Å². The molecule has 0 unspecified atom stereocenters. The Morgan fingerprint density at radius 3 is 2.48 bits per heavy atom. The van der Waals surface area contributed by atoms with Crippen LogP contribution in [0.1, 0.15) is 18.2 Å². The van der Waals surface area contributed by atoms with Crippen molar-refractivity contribution in [3.05, 3.63) is 81.6 Å². The first-order valence-corrected chi connectivity index (χ1v) is 9.86. The second-order valence-electron chi connectivity index (χ2n) is 7.14. The van der Waals surface area contributed by atoms with E-state index in [0.717, 1.165) is 35.1 Å². The van der Waals surface area contributed by atoms with Gasteiger partial charge in [-0.1, -0.05) is 19.1 Å². The summed E-state index contributed by atoms with van der Waals surface area (Å²) in [6.07, 6.45) is 1.94. The van der Waals surface area contributed by atoms with E-state index in [1.165, 1.54) is 18.2 Å². The van der Waals surface area contributed by atoms with E-state index in [4.69, 9.17) is 4.42 Å². The number of amides is 4. The predicted molar refractivity (Wildman–Crippen MR) is 117 cm³/mol. The number of aryl methyl sites for hydroxylation is 1. The Kier molecular flexibility index (Phi) is 5.49. The number of barbiturate groups is 1. The van der Waals surface area contributed by atoms with Crippen LogP contribution in [0.4, 0.5) is 16.2 Å². The Hall–Kier alpha value is -4.73. The molecule has 10 heteroatoms. The number of phenols is 1. The number of imide groups is 2. The topological polar surface area (TPSA) is 143 Å². The van der Waals surface area contributed by atoms with E-state index in [0.29, 0.717) is 5.69 Å². The van der Waals surface area contributed by atoms with Crippen molar-refractivity contribution >= 4 is 35.3 Å².